The van der Waals surface area contributed by atoms with Gasteiger partial charge in [0.2, 0.25) is 5.88 Å². The number of aryl methyl sites for hydroxylation is 2. The number of benzene rings is 2. The molecule has 156 valence electrons. The Morgan fingerprint density at radius 2 is 1.78 bits per heavy atom. The van der Waals surface area contributed by atoms with Crippen molar-refractivity contribution in [3.63, 3.8) is 0 Å². The van der Waals surface area contributed by atoms with E-state index < -0.39 is 5.91 Å². The number of amides is 1. The Kier molecular flexibility index (Phi) is 4.71. The molecule has 3 aromatic heterocycles. The van der Waals surface area contributed by atoms with Gasteiger partial charge in [-0.1, -0.05) is 29.8 Å². The highest BCUT2D eigenvalue weighted by Gasteiger charge is 2.16. The van der Waals surface area contributed by atoms with Gasteiger partial charge in [-0.3, -0.25) is 9.78 Å². The lowest BCUT2D eigenvalue weighted by molar-refractivity contribution is 0.0996. The monoisotopic (exact) mass is 421 g/mol. The lowest BCUT2D eigenvalue weighted by atomic mass is 10.0. The maximum absolute atomic E-state index is 13.1. The Morgan fingerprint density at radius 1 is 1.00 bits per heavy atom. The summed E-state index contributed by atoms with van der Waals surface area (Å²) in [5.41, 5.74) is 5.57. The second-order valence-corrected chi connectivity index (χ2v) is 7.64. The first-order valence-electron chi connectivity index (χ1n) is 10.1. The molecule has 7 heteroatoms. The molecule has 2 aromatic carbocycles. The van der Waals surface area contributed by atoms with Crippen molar-refractivity contribution in [3.05, 3.63) is 83.7 Å². The summed E-state index contributed by atoms with van der Waals surface area (Å²) < 4.78 is 0. The van der Waals surface area contributed by atoms with E-state index in [-0.39, 0.29) is 11.6 Å². The lowest BCUT2D eigenvalue weighted by Crippen LogP contribution is -1.99. The Hall–Kier alpha value is -4.39. The highest BCUT2D eigenvalue weighted by atomic mass is 16.3. The van der Waals surface area contributed by atoms with Crippen molar-refractivity contribution in [2.45, 2.75) is 13.8 Å². The van der Waals surface area contributed by atoms with E-state index in [4.69, 9.17) is 0 Å². The SMILES string of the molecule is Cc1cc(C)c2[nH]c(O)c(N=NC(=O)c3cc(-c4ccncc4)nc4ccccc34)c2c1. The summed E-state index contributed by atoms with van der Waals surface area (Å²) in [6, 6.07) is 16.7. The molecule has 0 aliphatic rings. The van der Waals surface area contributed by atoms with Gasteiger partial charge < -0.3 is 10.1 Å². The maximum atomic E-state index is 13.1. The van der Waals surface area contributed by atoms with E-state index in [0.29, 0.717) is 27.5 Å². The van der Waals surface area contributed by atoms with Crippen LogP contribution in [0.1, 0.15) is 21.5 Å². The fourth-order valence-electron chi connectivity index (χ4n) is 3.90. The second-order valence-electron chi connectivity index (χ2n) is 7.64. The Morgan fingerprint density at radius 3 is 2.59 bits per heavy atom. The van der Waals surface area contributed by atoms with Crippen molar-refractivity contribution in [2.24, 2.45) is 10.2 Å². The zero-order chi connectivity index (χ0) is 22.2. The highest BCUT2D eigenvalue weighted by molar-refractivity contribution is 6.07. The average molecular weight is 421 g/mol. The van der Waals surface area contributed by atoms with Crippen molar-refractivity contribution in [3.8, 4) is 17.1 Å². The predicted octanol–water partition coefficient (Wildman–Crippen LogP) is 6.02. The molecule has 0 bridgehead atoms. The first-order valence-corrected chi connectivity index (χ1v) is 10.1. The molecule has 0 radical (unpaired) electrons. The van der Waals surface area contributed by atoms with Gasteiger partial charge in [0.1, 0.15) is 0 Å². The van der Waals surface area contributed by atoms with E-state index in [9.17, 15) is 9.90 Å². The Labute approximate surface area is 183 Å². The van der Waals surface area contributed by atoms with E-state index in [1.165, 1.54) is 0 Å². The number of nitrogens with one attached hydrogen (secondary N) is 1. The van der Waals surface area contributed by atoms with Gasteiger partial charge in [0, 0.05) is 28.7 Å². The maximum Gasteiger partial charge on any atom is 0.296 e. The Balaban J connectivity index is 1.61. The molecule has 0 spiro atoms. The summed E-state index contributed by atoms with van der Waals surface area (Å²) in [6.07, 6.45) is 3.36. The van der Waals surface area contributed by atoms with Crippen LogP contribution in [-0.2, 0) is 0 Å². The van der Waals surface area contributed by atoms with Crippen LogP contribution in [0.2, 0.25) is 0 Å². The number of rotatable bonds is 3. The summed E-state index contributed by atoms with van der Waals surface area (Å²) in [4.78, 5) is 24.8. The number of nitrogens with zero attached hydrogens (tertiary/aromatic N) is 4. The lowest BCUT2D eigenvalue weighted by Gasteiger charge is -2.07. The summed E-state index contributed by atoms with van der Waals surface area (Å²) in [7, 11) is 0. The standard InChI is InChI=1S/C25H19N5O2/c1-14-11-15(2)22-19(12-14)23(25(32)28-22)29-30-24(31)18-13-21(16-7-9-26-10-8-16)27-20-6-4-3-5-17(18)20/h3-13,28,32H,1-2H3. The average Bonchev–Trinajstić information content (AvgIpc) is 3.12. The van der Waals surface area contributed by atoms with Crippen LogP contribution in [0.15, 0.2) is 77.2 Å². The predicted molar refractivity (Wildman–Crippen MR) is 123 cm³/mol. The zero-order valence-corrected chi connectivity index (χ0v) is 17.5. The van der Waals surface area contributed by atoms with Crippen molar-refractivity contribution in [1.29, 1.82) is 0 Å². The first kappa shape index (κ1) is 19.6. The number of hydrogen-bond donors (Lipinski definition) is 2. The van der Waals surface area contributed by atoms with E-state index in [2.05, 4.69) is 25.2 Å². The first-order chi connectivity index (χ1) is 15.5. The summed E-state index contributed by atoms with van der Waals surface area (Å²) in [6.45, 7) is 3.91. The third-order valence-corrected chi connectivity index (χ3v) is 5.37. The van der Waals surface area contributed by atoms with Gasteiger partial charge in [-0.15, -0.1) is 10.2 Å². The number of H-pyrrole nitrogens is 1. The third-order valence-electron chi connectivity index (χ3n) is 5.37. The van der Waals surface area contributed by atoms with Crippen LogP contribution < -0.4 is 0 Å². The molecular formula is C25H19N5O2. The number of carbonyl (C=O) groups is 1. The van der Waals surface area contributed by atoms with Crippen molar-refractivity contribution in [2.75, 3.05) is 0 Å². The molecule has 2 N–H and O–H groups in total. The molecule has 5 aromatic rings. The molecule has 32 heavy (non-hydrogen) atoms. The summed E-state index contributed by atoms with van der Waals surface area (Å²) in [5, 5.41) is 19.8. The van der Waals surface area contributed by atoms with Gasteiger partial charge in [-0.2, -0.15) is 0 Å². The van der Waals surface area contributed by atoms with Crippen molar-refractivity contribution < 1.29 is 9.90 Å². The minimum atomic E-state index is -0.517. The number of hydrogen-bond acceptors (Lipinski definition) is 5. The molecule has 0 saturated heterocycles. The van der Waals surface area contributed by atoms with Gasteiger partial charge in [0.15, 0.2) is 5.69 Å². The third kappa shape index (κ3) is 3.39. The molecule has 1 amide bonds. The van der Waals surface area contributed by atoms with Crippen LogP contribution in [0.4, 0.5) is 5.69 Å². The number of carbonyl (C=O) groups excluding carboxylic acids is 1. The summed E-state index contributed by atoms with van der Waals surface area (Å²) in [5.74, 6) is -0.639. The summed E-state index contributed by atoms with van der Waals surface area (Å²) >= 11 is 0. The topological polar surface area (TPSA) is 104 Å². The van der Waals surface area contributed by atoms with Crippen molar-refractivity contribution in [1.82, 2.24) is 15.0 Å². The number of azo groups is 1. The fraction of sp³-hybridized carbons (Fsp3) is 0.0800. The van der Waals surface area contributed by atoms with E-state index in [1.54, 1.807) is 18.5 Å². The van der Waals surface area contributed by atoms with Gasteiger partial charge in [0.25, 0.3) is 5.91 Å². The van der Waals surface area contributed by atoms with Crippen LogP contribution >= 0.6 is 0 Å². The van der Waals surface area contributed by atoms with Crippen LogP contribution in [-0.4, -0.2) is 26.0 Å². The molecule has 0 saturated carbocycles. The van der Waals surface area contributed by atoms with Crippen LogP contribution in [0.25, 0.3) is 33.1 Å². The number of aromatic nitrogens is 3. The molecule has 0 unspecified atom stereocenters. The van der Waals surface area contributed by atoms with Crippen LogP contribution in [0.5, 0.6) is 5.88 Å². The fourth-order valence-corrected chi connectivity index (χ4v) is 3.90. The normalized spacial score (nSPS) is 11.6. The minimum Gasteiger partial charge on any atom is -0.493 e. The molecule has 0 aliphatic carbocycles. The highest BCUT2D eigenvalue weighted by Crippen LogP contribution is 2.37. The van der Waals surface area contributed by atoms with Crippen LogP contribution in [0.3, 0.4) is 0 Å². The molecule has 0 atom stereocenters. The molecule has 0 fully saturated rings. The smallest absolute Gasteiger partial charge is 0.296 e. The van der Waals surface area contributed by atoms with Gasteiger partial charge in [-0.05, 0) is 49.7 Å². The molecule has 3 heterocycles. The number of fused-ring (bicyclic) bond motifs is 2. The van der Waals surface area contributed by atoms with Crippen LogP contribution in [0, 0.1) is 13.8 Å². The largest absolute Gasteiger partial charge is 0.493 e. The van der Waals surface area contributed by atoms with E-state index in [0.717, 1.165) is 22.2 Å². The van der Waals surface area contributed by atoms with Gasteiger partial charge >= 0.3 is 0 Å². The Bertz CT molecular complexity index is 1520. The molecule has 0 aliphatic heterocycles. The molecule has 7 nitrogen and oxygen atoms in total. The van der Waals surface area contributed by atoms with Crippen molar-refractivity contribution >= 4 is 33.4 Å². The number of para-hydroxylation sites is 1. The van der Waals surface area contributed by atoms with E-state index >= 15 is 0 Å². The molecular weight excluding hydrogens is 402 g/mol. The zero-order valence-electron chi connectivity index (χ0n) is 17.5. The second kappa shape index (κ2) is 7.70. The minimum absolute atomic E-state index is 0.123. The van der Waals surface area contributed by atoms with Gasteiger partial charge in [0.05, 0.1) is 22.3 Å². The number of pyridine rings is 2. The molecule has 5 rings (SSSR count). The quantitative estimate of drug-likeness (QED) is 0.347. The number of aromatic amines is 1. The van der Waals surface area contributed by atoms with Gasteiger partial charge in [-0.25, -0.2) is 4.98 Å². The number of aromatic hydroxyl groups is 1. The van der Waals surface area contributed by atoms with E-state index in [1.807, 2.05) is 62.4 Å².